The van der Waals surface area contributed by atoms with Crippen LogP contribution in [0.3, 0.4) is 0 Å². The van der Waals surface area contributed by atoms with Gasteiger partial charge in [-0.25, -0.2) is 9.97 Å². The largest absolute Gasteiger partial charge is 0.330 e. The monoisotopic (exact) mass is 220 g/mol. The standard InChI is InChI=1S/C10H16N6/c1-11-4-3-9-5-16(8-13-9)6-10-12-7-14-15(10)2/h5,7-8,11H,3-4,6H2,1-2H3. The molecule has 0 amide bonds. The third kappa shape index (κ3) is 2.46. The first-order valence-electron chi connectivity index (χ1n) is 5.27. The van der Waals surface area contributed by atoms with Crippen molar-refractivity contribution in [2.24, 2.45) is 7.05 Å². The lowest BCUT2D eigenvalue weighted by molar-refractivity contribution is 0.652. The van der Waals surface area contributed by atoms with Crippen LogP contribution in [0.5, 0.6) is 0 Å². The van der Waals surface area contributed by atoms with Crippen molar-refractivity contribution in [1.29, 1.82) is 0 Å². The Morgan fingerprint density at radius 2 is 2.25 bits per heavy atom. The quantitative estimate of drug-likeness (QED) is 0.759. The predicted octanol–water partition coefficient (Wildman–Crippen LogP) is -0.178. The molecule has 0 aromatic carbocycles. The van der Waals surface area contributed by atoms with E-state index in [0.717, 1.165) is 24.5 Å². The summed E-state index contributed by atoms with van der Waals surface area (Å²) in [7, 11) is 3.83. The topological polar surface area (TPSA) is 60.6 Å². The van der Waals surface area contributed by atoms with Gasteiger partial charge in [0.1, 0.15) is 12.2 Å². The van der Waals surface area contributed by atoms with Gasteiger partial charge in [0.15, 0.2) is 0 Å². The lowest BCUT2D eigenvalue weighted by Gasteiger charge is -2.00. The van der Waals surface area contributed by atoms with Crippen LogP contribution in [0.1, 0.15) is 11.5 Å². The summed E-state index contributed by atoms with van der Waals surface area (Å²) in [5, 5.41) is 7.14. The van der Waals surface area contributed by atoms with Crippen molar-refractivity contribution in [3.05, 3.63) is 30.4 Å². The molecule has 16 heavy (non-hydrogen) atoms. The number of imidazole rings is 1. The van der Waals surface area contributed by atoms with E-state index >= 15 is 0 Å². The molecule has 0 aliphatic rings. The number of hydrogen-bond acceptors (Lipinski definition) is 4. The van der Waals surface area contributed by atoms with Crippen molar-refractivity contribution in [3.8, 4) is 0 Å². The fourth-order valence-electron chi connectivity index (χ4n) is 1.50. The molecular formula is C10H16N6. The summed E-state index contributed by atoms with van der Waals surface area (Å²) in [6.07, 6.45) is 6.39. The van der Waals surface area contributed by atoms with Crippen molar-refractivity contribution in [2.45, 2.75) is 13.0 Å². The van der Waals surface area contributed by atoms with E-state index in [0.29, 0.717) is 6.54 Å². The molecule has 2 aromatic heterocycles. The molecule has 2 aromatic rings. The van der Waals surface area contributed by atoms with Gasteiger partial charge in [-0.1, -0.05) is 0 Å². The van der Waals surface area contributed by atoms with E-state index in [1.54, 1.807) is 11.0 Å². The van der Waals surface area contributed by atoms with Gasteiger partial charge in [0.05, 0.1) is 18.6 Å². The maximum Gasteiger partial charge on any atom is 0.146 e. The fourth-order valence-corrected chi connectivity index (χ4v) is 1.50. The average Bonchev–Trinajstić information content (AvgIpc) is 2.87. The van der Waals surface area contributed by atoms with Gasteiger partial charge < -0.3 is 9.88 Å². The van der Waals surface area contributed by atoms with Crippen molar-refractivity contribution in [3.63, 3.8) is 0 Å². The van der Waals surface area contributed by atoms with Gasteiger partial charge in [-0.2, -0.15) is 5.10 Å². The molecule has 86 valence electrons. The minimum atomic E-state index is 0.711. The highest BCUT2D eigenvalue weighted by Crippen LogP contribution is 2.00. The van der Waals surface area contributed by atoms with Gasteiger partial charge in [-0.15, -0.1) is 0 Å². The molecule has 0 radical (unpaired) electrons. The second-order valence-corrected chi connectivity index (χ2v) is 3.69. The van der Waals surface area contributed by atoms with Gasteiger partial charge in [0, 0.05) is 26.2 Å². The lowest BCUT2D eigenvalue weighted by Crippen LogP contribution is -2.10. The maximum atomic E-state index is 4.33. The molecule has 6 nitrogen and oxygen atoms in total. The Morgan fingerprint density at radius 3 is 2.94 bits per heavy atom. The molecule has 0 unspecified atom stereocenters. The maximum absolute atomic E-state index is 4.33. The Kier molecular flexibility index (Phi) is 3.31. The predicted molar refractivity (Wildman–Crippen MR) is 60.0 cm³/mol. The molecule has 0 saturated heterocycles. The highest BCUT2D eigenvalue weighted by molar-refractivity contribution is 4.99. The molecule has 0 atom stereocenters. The Morgan fingerprint density at radius 1 is 1.38 bits per heavy atom. The van der Waals surface area contributed by atoms with Crippen LogP contribution in [0.4, 0.5) is 0 Å². The summed E-state index contributed by atoms with van der Waals surface area (Å²) in [6, 6.07) is 0. The number of aryl methyl sites for hydroxylation is 1. The molecule has 0 saturated carbocycles. The summed E-state index contributed by atoms with van der Waals surface area (Å²) >= 11 is 0. The van der Waals surface area contributed by atoms with Crippen LogP contribution in [0.2, 0.25) is 0 Å². The van der Waals surface area contributed by atoms with Crippen molar-refractivity contribution in [2.75, 3.05) is 13.6 Å². The highest BCUT2D eigenvalue weighted by Gasteiger charge is 2.03. The van der Waals surface area contributed by atoms with Crippen LogP contribution in [0.15, 0.2) is 18.9 Å². The van der Waals surface area contributed by atoms with Crippen molar-refractivity contribution >= 4 is 0 Å². The molecular weight excluding hydrogens is 204 g/mol. The zero-order valence-corrected chi connectivity index (χ0v) is 9.59. The number of hydrogen-bond donors (Lipinski definition) is 1. The van der Waals surface area contributed by atoms with E-state index in [1.807, 2.05) is 31.2 Å². The van der Waals surface area contributed by atoms with Crippen LogP contribution in [0, 0.1) is 0 Å². The number of rotatable bonds is 5. The zero-order chi connectivity index (χ0) is 11.4. The molecule has 6 heteroatoms. The van der Waals surface area contributed by atoms with E-state index in [2.05, 4.69) is 20.4 Å². The summed E-state index contributed by atoms with van der Waals surface area (Å²) in [5.41, 5.74) is 1.09. The van der Waals surface area contributed by atoms with Crippen LogP contribution in [-0.2, 0) is 20.0 Å². The molecule has 2 rings (SSSR count). The second kappa shape index (κ2) is 4.89. The van der Waals surface area contributed by atoms with E-state index < -0.39 is 0 Å². The van der Waals surface area contributed by atoms with Gasteiger partial charge in [-0.3, -0.25) is 4.68 Å². The summed E-state index contributed by atoms with van der Waals surface area (Å²) in [6.45, 7) is 1.66. The SMILES string of the molecule is CNCCc1cn(Cc2ncnn2C)cn1. The number of likely N-dealkylation sites (N-methyl/N-ethyl adjacent to an activating group) is 1. The number of nitrogens with one attached hydrogen (secondary N) is 1. The van der Waals surface area contributed by atoms with Gasteiger partial charge >= 0.3 is 0 Å². The van der Waals surface area contributed by atoms with E-state index in [4.69, 9.17) is 0 Å². The first-order valence-corrected chi connectivity index (χ1v) is 5.27. The number of aromatic nitrogens is 5. The minimum Gasteiger partial charge on any atom is -0.330 e. The summed E-state index contributed by atoms with van der Waals surface area (Å²) in [5.74, 6) is 0.928. The highest BCUT2D eigenvalue weighted by atomic mass is 15.3. The van der Waals surface area contributed by atoms with E-state index in [1.165, 1.54) is 0 Å². The molecule has 0 spiro atoms. The molecule has 0 bridgehead atoms. The average molecular weight is 220 g/mol. The zero-order valence-electron chi connectivity index (χ0n) is 9.59. The molecule has 1 N–H and O–H groups in total. The first kappa shape index (κ1) is 10.8. The van der Waals surface area contributed by atoms with Crippen LogP contribution >= 0.6 is 0 Å². The van der Waals surface area contributed by atoms with Gasteiger partial charge in [0.25, 0.3) is 0 Å². The Balaban J connectivity index is 2.00. The Labute approximate surface area is 94.3 Å². The van der Waals surface area contributed by atoms with Gasteiger partial charge in [0.2, 0.25) is 0 Å². The smallest absolute Gasteiger partial charge is 0.146 e. The fraction of sp³-hybridized carbons (Fsp3) is 0.500. The van der Waals surface area contributed by atoms with E-state index in [-0.39, 0.29) is 0 Å². The number of nitrogens with zero attached hydrogens (tertiary/aromatic N) is 5. The Bertz CT molecular complexity index is 444. The molecule has 0 fully saturated rings. The van der Waals surface area contributed by atoms with Gasteiger partial charge in [-0.05, 0) is 7.05 Å². The minimum absolute atomic E-state index is 0.711. The normalized spacial score (nSPS) is 10.9. The molecule has 0 aliphatic carbocycles. The van der Waals surface area contributed by atoms with Crippen LogP contribution < -0.4 is 5.32 Å². The summed E-state index contributed by atoms with van der Waals surface area (Å²) < 4.78 is 3.79. The molecule has 2 heterocycles. The van der Waals surface area contributed by atoms with Crippen molar-refractivity contribution in [1.82, 2.24) is 29.6 Å². The second-order valence-electron chi connectivity index (χ2n) is 3.69. The van der Waals surface area contributed by atoms with Crippen LogP contribution in [0.25, 0.3) is 0 Å². The first-order chi connectivity index (χ1) is 7.79. The summed E-state index contributed by atoms with van der Waals surface area (Å²) in [4.78, 5) is 8.50. The van der Waals surface area contributed by atoms with Crippen LogP contribution in [-0.4, -0.2) is 37.9 Å². The molecule has 0 aliphatic heterocycles. The third-order valence-corrected chi connectivity index (χ3v) is 2.45. The lowest BCUT2D eigenvalue weighted by atomic mass is 10.3. The third-order valence-electron chi connectivity index (χ3n) is 2.45. The van der Waals surface area contributed by atoms with Crippen molar-refractivity contribution < 1.29 is 0 Å². The van der Waals surface area contributed by atoms with E-state index in [9.17, 15) is 0 Å². The Hall–Kier alpha value is -1.69.